The normalized spacial score (nSPS) is 11.0. The molecule has 0 unspecified atom stereocenters. The van der Waals surface area contributed by atoms with Gasteiger partial charge < -0.3 is 14.8 Å². The van der Waals surface area contributed by atoms with Crippen LogP contribution in [0.2, 0.25) is 5.15 Å². The highest BCUT2D eigenvalue weighted by atomic mass is 35.5. The van der Waals surface area contributed by atoms with E-state index in [2.05, 4.69) is 15.0 Å². The molecule has 0 fully saturated rings. The molecule has 0 atom stereocenters. The van der Waals surface area contributed by atoms with E-state index in [1.54, 1.807) is 0 Å². The molecule has 5 nitrogen and oxygen atoms in total. The molecule has 2 aromatic rings. The largest absolute Gasteiger partial charge is 0.573 e. The first-order chi connectivity index (χ1) is 11.3. The van der Waals surface area contributed by atoms with Crippen molar-refractivity contribution in [1.29, 1.82) is 0 Å². The number of carbonyl (C=O) groups is 1. The van der Waals surface area contributed by atoms with Gasteiger partial charge in [0.05, 0.1) is 12.7 Å². The molecule has 1 aromatic carbocycles. The second-order valence-corrected chi connectivity index (χ2v) is 4.97. The van der Waals surface area contributed by atoms with Gasteiger partial charge >= 0.3 is 6.36 Å². The lowest BCUT2D eigenvalue weighted by atomic mass is 10.2. The Morgan fingerprint density at radius 1 is 1.29 bits per heavy atom. The number of benzene rings is 1. The van der Waals surface area contributed by atoms with Crippen LogP contribution in [0.4, 0.5) is 13.2 Å². The van der Waals surface area contributed by atoms with E-state index in [9.17, 15) is 18.0 Å². The average molecular weight is 361 g/mol. The third-order valence-corrected chi connectivity index (χ3v) is 3.11. The summed E-state index contributed by atoms with van der Waals surface area (Å²) in [5.41, 5.74) is 0.790. The molecule has 1 N–H and O–H groups in total. The first-order valence-corrected chi connectivity index (χ1v) is 6.98. The second-order valence-electron chi connectivity index (χ2n) is 4.58. The van der Waals surface area contributed by atoms with E-state index >= 15 is 0 Å². The molecule has 1 aromatic heterocycles. The summed E-state index contributed by atoms with van der Waals surface area (Å²) in [7, 11) is 1.39. The summed E-state index contributed by atoms with van der Waals surface area (Å²) in [4.78, 5) is 15.9. The van der Waals surface area contributed by atoms with Crippen molar-refractivity contribution in [3.8, 4) is 11.5 Å². The summed E-state index contributed by atoms with van der Waals surface area (Å²) in [6.07, 6.45) is -3.47. The van der Waals surface area contributed by atoms with Crippen molar-refractivity contribution >= 4 is 17.5 Å². The molecule has 1 heterocycles. The third-order valence-electron chi connectivity index (χ3n) is 2.91. The van der Waals surface area contributed by atoms with Crippen LogP contribution in [0.15, 0.2) is 36.5 Å². The number of hydrogen-bond acceptors (Lipinski definition) is 4. The van der Waals surface area contributed by atoms with Crippen molar-refractivity contribution in [1.82, 2.24) is 10.3 Å². The number of nitrogens with zero attached hydrogens (tertiary/aromatic N) is 1. The fourth-order valence-corrected chi connectivity index (χ4v) is 1.99. The van der Waals surface area contributed by atoms with Crippen LogP contribution in [0.3, 0.4) is 0 Å². The molecular weight excluding hydrogens is 349 g/mol. The van der Waals surface area contributed by atoms with Gasteiger partial charge in [0.2, 0.25) is 0 Å². The number of nitrogens with one attached hydrogen (secondary N) is 1. The average Bonchev–Trinajstić information content (AvgIpc) is 2.52. The SMILES string of the molecule is COc1cc(Cl)ncc1C(=O)NCc1ccc(OC(F)(F)F)cc1. The highest BCUT2D eigenvalue weighted by Gasteiger charge is 2.30. The van der Waals surface area contributed by atoms with Crippen molar-refractivity contribution in [3.63, 3.8) is 0 Å². The van der Waals surface area contributed by atoms with E-state index in [4.69, 9.17) is 16.3 Å². The van der Waals surface area contributed by atoms with Gasteiger partial charge in [-0.3, -0.25) is 4.79 Å². The minimum Gasteiger partial charge on any atom is -0.496 e. The van der Waals surface area contributed by atoms with Crippen molar-refractivity contribution in [2.45, 2.75) is 12.9 Å². The van der Waals surface area contributed by atoms with E-state index in [0.29, 0.717) is 5.56 Å². The first kappa shape index (κ1) is 17.9. The predicted octanol–water partition coefficient (Wildman–Crippen LogP) is 3.57. The molecule has 24 heavy (non-hydrogen) atoms. The highest BCUT2D eigenvalue weighted by Crippen LogP contribution is 2.23. The van der Waals surface area contributed by atoms with Crippen LogP contribution in [0.1, 0.15) is 15.9 Å². The molecular formula is C15H12ClF3N2O3. The molecule has 0 bridgehead atoms. The van der Waals surface area contributed by atoms with E-state index in [1.165, 1.54) is 43.6 Å². The molecule has 0 aliphatic carbocycles. The zero-order valence-electron chi connectivity index (χ0n) is 12.4. The summed E-state index contributed by atoms with van der Waals surface area (Å²) >= 11 is 5.72. The number of pyridine rings is 1. The number of ether oxygens (including phenoxy) is 2. The Balaban J connectivity index is 1.99. The summed E-state index contributed by atoms with van der Waals surface area (Å²) < 4.78 is 45.1. The Hall–Kier alpha value is -2.48. The first-order valence-electron chi connectivity index (χ1n) is 6.61. The zero-order chi connectivity index (χ0) is 17.7. The molecule has 128 valence electrons. The quantitative estimate of drug-likeness (QED) is 0.828. The molecule has 1 amide bonds. The second kappa shape index (κ2) is 7.39. The van der Waals surface area contributed by atoms with Crippen LogP contribution in [-0.2, 0) is 6.54 Å². The number of halogens is 4. The standard InChI is InChI=1S/C15H12ClF3N2O3/c1-23-12-6-13(16)20-8-11(12)14(22)21-7-9-2-4-10(5-3-9)24-15(17,18)19/h2-6,8H,7H2,1H3,(H,21,22). The number of amides is 1. The molecule has 0 aliphatic rings. The number of methoxy groups -OCH3 is 1. The molecule has 9 heteroatoms. The van der Waals surface area contributed by atoms with Gasteiger partial charge in [-0.1, -0.05) is 23.7 Å². The topological polar surface area (TPSA) is 60.5 Å². The fourth-order valence-electron chi connectivity index (χ4n) is 1.84. The third kappa shape index (κ3) is 5.02. The van der Waals surface area contributed by atoms with Crippen LogP contribution in [-0.4, -0.2) is 24.4 Å². The maximum atomic E-state index is 12.1. The van der Waals surface area contributed by atoms with Gasteiger partial charge in [0.15, 0.2) is 0 Å². The minimum absolute atomic E-state index is 0.108. The van der Waals surface area contributed by atoms with Crippen molar-refractivity contribution in [2.75, 3.05) is 7.11 Å². The summed E-state index contributed by atoms with van der Waals surface area (Å²) in [6, 6.07) is 6.57. The van der Waals surface area contributed by atoms with E-state index in [-0.39, 0.29) is 28.8 Å². The zero-order valence-corrected chi connectivity index (χ0v) is 13.1. The smallest absolute Gasteiger partial charge is 0.496 e. The Morgan fingerprint density at radius 2 is 1.96 bits per heavy atom. The number of aromatic nitrogens is 1. The monoisotopic (exact) mass is 360 g/mol. The maximum absolute atomic E-state index is 12.1. The fraction of sp³-hybridized carbons (Fsp3) is 0.200. The number of carbonyl (C=O) groups excluding carboxylic acids is 1. The minimum atomic E-state index is -4.74. The number of rotatable bonds is 5. The lowest BCUT2D eigenvalue weighted by Gasteiger charge is -2.11. The van der Waals surface area contributed by atoms with Gasteiger partial charge in [-0.15, -0.1) is 13.2 Å². The van der Waals surface area contributed by atoms with E-state index in [0.717, 1.165) is 0 Å². The Morgan fingerprint density at radius 3 is 2.54 bits per heavy atom. The summed E-state index contributed by atoms with van der Waals surface area (Å²) in [5, 5.41) is 2.80. The van der Waals surface area contributed by atoms with Crippen LogP contribution in [0, 0.1) is 0 Å². The Bertz CT molecular complexity index is 721. The van der Waals surface area contributed by atoms with Crippen molar-refractivity contribution < 1.29 is 27.4 Å². The Kier molecular flexibility index (Phi) is 5.50. The van der Waals surface area contributed by atoms with E-state index < -0.39 is 12.3 Å². The number of alkyl halides is 3. The molecule has 0 spiro atoms. The van der Waals surface area contributed by atoms with Gasteiger partial charge in [0.1, 0.15) is 16.7 Å². The van der Waals surface area contributed by atoms with Gasteiger partial charge in [-0.25, -0.2) is 4.98 Å². The summed E-state index contributed by atoms with van der Waals surface area (Å²) in [5.74, 6) is -0.519. The van der Waals surface area contributed by atoms with Crippen molar-refractivity contribution in [3.05, 3.63) is 52.8 Å². The lowest BCUT2D eigenvalue weighted by molar-refractivity contribution is -0.274. The van der Waals surface area contributed by atoms with Gasteiger partial charge in [-0.2, -0.15) is 0 Å². The molecule has 2 rings (SSSR count). The molecule has 0 radical (unpaired) electrons. The van der Waals surface area contributed by atoms with Gasteiger partial charge in [0, 0.05) is 18.8 Å². The molecule has 0 saturated heterocycles. The van der Waals surface area contributed by atoms with Crippen LogP contribution >= 0.6 is 11.6 Å². The lowest BCUT2D eigenvalue weighted by Crippen LogP contribution is -2.23. The van der Waals surface area contributed by atoms with Crippen LogP contribution in [0.5, 0.6) is 11.5 Å². The van der Waals surface area contributed by atoms with Crippen LogP contribution in [0.25, 0.3) is 0 Å². The molecule has 0 aliphatic heterocycles. The van der Waals surface area contributed by atoms with Gasteiger partial charge in [-0.05, 0) is 17.7 Å². The maximum Gasteiger partial charge on any atom is 0.573 e. The summed E-state index contributed by atoms with van der Waals surface area (Å²) in [6.45, 7) is 0.108. The highest BCUT2D eigenvalue weighted by molar-refractivity contribution is 6.29. The Labute approximate surface area is 140 Å². The van der Waals surface area contributed by atoms with E-state index in [1.807, 2.05) is 0 Å². The van der Waals surface area contributed by atoms with Crippen molar-refractivity contribution in [2.24, 2.45) is 0 Å². The number of hydrogen-bond donors (Lipinski definition) is 1. The van der Waals surface area contributed by atoms with Crippen LogP contribution < -0.4 is 14.8 Å². The molecule has 0 saturated carbocycles. The van der Waals surface area contributed by atoms with Gasteiger partial charge in [0.25, 0.3) is 5.91 Å². The predicted molar refractivity (Wildman–Crippen MR) is 80.1 cm³/mol.